The Morgan fingerprint density at radius 3 is 2.17 bits per heavy atom. The molecular weight excluding hydrogens is 178 g/mol. The molecule has 0 fully saturated rings. The molecule has 5 nitrogen and oxygen atoms in total. The molecule has 2 N–H and O–H groups in total. The van der Waals surface area contributed by atoms with Crippen LogP contribution in [0.4, 0.5) is 0 Å². The largest absolute Gasteiger partial charge is 0.696 e. The van der Waals surface area contributed by atoms with Gasteiger partial charge in [-0.15, -0.1) is 0 Å². The van der Waals surface area contributed by atoms with Crippen molar-refractivity contribution < 1.29 is 17.8 Å². The Balaban J connectivity index is 3.76. The lowest BCUT2D eigenvalue weighted by molar-refractivity contribution is -0.0103. The lowest BCUT2D eigenvalue weighted by atomic mass is 10.4. The number of nitrogens with two attached hydrogens (primary N) is 1. The number of hydrogen-bond donors (Lipinski definition) is 1. The topological polar surface area (TPSA) is 62.9 Å². The van der Waals surface area contributed by atoms with Crippen LogP contribution in [0.15, 0.2) is 0 Å². The first-order chi connectivity index (χ1) is 5.74. The molecule has 0 saturated carbocycles. The molecule has 12 heavy (non-hydrogen) atoms. The third kappa shape index (κ3) is 3.61. The second-order valence-electron chi connectivity index (χ2n) is 2.23. The number of unbranched alkanes of at least 4 members (excludes halogenated alkanes) is 1. The summed E-state index contributed by atoms with van der Waals surface area (Å²) in [6, 6.07) is 0. The molecule has 74 valence electrons. The standard InChI is InChI=1S/C6H17NO4Si/c1-4-5-6-10-12(8-2,9-3)11-7/h4-7H2,1-3H3. The molecule has 0 aliphatic heterocycles. The second-order valence-corrected chi connectivity index (χ2v) is 4.57. The van der Waals surface area contributed by atoms with E-state index >= 15 is 0 Å². The van der Waals surface area contributed by atoms with Gasteiger partial charge in [0.15, 0.2) is 0 Å². The highest BCUT2D eigenvalue weighted by molar-refractivity contribution is 6.53. The molecule has 0 spiro atoms. The van der Waals surface area contributed by atoms with Crippen molar-refractivity contribution in [1.29, 1.82) is 0 Å². The Hall–Kier alpha value is 0.0169. The van der Waals surface area contributed by atoms with Gasteiger partial charge in [-0.2, -0.15) is 0 Å². The predicted molar refractivity (Wildman–Crippen MR) is 45.9 cm³/mol. The van der Waals surface area contributed by atoms with Crippen molar-refractivity contribution in [2.24, 2.45) is 5.90 Å². The molecule has 0 rings (SSSR count). The van der Waals surface area contributed by atoms with E-state index in [4.69, 9.17) is 19.2 Å². The molecule has 0 radical (unpaired) electrons. The Morgan fingerprint density at radius 2 is 1.83 bits per heavy atom. The van der Waals surface area contributed by atoms with E-state index in [0.717, 1.165) is 12.8 Å². The Morgan fingerprint density at radius 1 is 1.25 bits per heavy atom. The van der Waals surface area contributed by atoms with Gasteiger partial charge in [0.05, 0.1) is 0 Å². The van der Waals surface area contributed by atoms with Crippen LogP contribution in [-0.4, -0.2) is 29.9 Å². The van der Waals surface area contributed by atoms with E-state index in [-0.39, 0.29) is 0 Å². The van der Waals surface area contributed by atoms with Crippen LogP contribution in [0, 0.1) is 0 Å². The van der Waals surface area contributed by atoms with Crippen molar-refractivity contribution in [3.8, 4) is 0 Å². The normalized spacial score (nSPS) is 12.0. The molecule has 0 unspecified atom stereocenters. The van der Waals surface area contributed by atoms with E-state index in [9.17, 15) is 0 Å². The van der Waals surface area contributed by atoms with Gasteiger partial charge in [0.2, 0.25) is 0 Å². The number of hydrogen-bond acceptors (Lipinski definition) is 5. The molecular formula is C6H17NO4Si. The lowest BCUT2D eigenvalue weighted by Gasteiger charge is -2.21. The maximum Gasteiger partial charge on any atom is 0.696 e. The van der Waals surface area contributed by atoms with Crippen molar-refractivity contribution in [2.75, 3.05) is 20.8 Å². The zero-order valence-electron chi connectivity index (χ0n) is 7.83. The van der Waals surface area contributed by atoms with E-state index in [1.165, 1.54) is 14.2 Å². The van der Waals surface area contributed by atoms with E-state index in [1.807, 2.05) is 0 Å². The van der Waals surface area contributed by atoms with Crippen LogP contribution in [0.5, 0.6) is 0 Å². The van der Waals surface area contributed by atoms with Gasteiger partial charge in [-0.25, -0.2) is 5.90 Å². The summed E-state index contributed by atoms with van der Waals surface area (Å²) >= 11 is 0. The average molecular weight is 195 g/mol. The van der Waals surface area contributed by atoms with Crippen molar-refractivity contribution in [3.63, 3.8) is 0 Å². The zero-order chi connectivity index (χ0) is 9.45. The molecule has 6 heteroatoms. The summed E-state index contributed by atoms with van der Waals surface area (Å²) in [5.74, 6) is 5.00. The monoisotopic (exact) mass is 195 g/mol. The smallest absolute Gasteiger partial charge is 0.354 e. The quantitative estimate of drug-likeness (QED) is 0.362. The first-order valence-corrected chi connectivity index (χ1v) is 5.50. The molecule has 0 aromatic rings. The molecule has 0 aromatic heterocycles. The lowest BCUT2D eigenvalue weighted by Crippen LogP contribution is -2.49. The molecule has 0 atom stereocenters. The second kappa shape index (κ2) is 6.52. The van der Waals surface area contributed by atoms with Gasteiger partial charge in [-0.05, 0) is 6.42 Å². The van der Waals surface area contributed by atoms with Gasteiger partial charge < -0.3 is 13.3 Å². The van der Waals surface area contributed by atoms with Gasteiger partial charge in [0, 0.05) is 20.8 Å². The summed E-state index contributed by atoms with van der Waals surface area (Å²) in [6.07, 6.45) is 1.98. The fraction of sp³-hybridized carbons (Fsp3) is 1.00. The zero-order valence-corrected chi connectivity index (χ0v) is 8.83. The van der Waals surface area contributed by atoms with Gasteiger partial charge in [0.1, 0.15) is 0 Å². The number of rotatable bonds is 7. The summed E-state index contributed by atoms with van der Waals surface area (Å²) in [6.45, 7) is 2.61. The van der Waals surface area contributed by atoms with Gasteiger partial charge >= 0.3 is 9.05 Å². The summed E-state index contributed by atoms with van der Waals surface area (Å²) in [5.41, 5.74) is 0. The highest BCUT2D eigenvalue weighted by Crippen LogP contribution is 2.07. The third-order valence-electron chi connectivity index (χ3n) is 1.42. The van der Waals surface area contributed by atoms with Crippen molar-refractivity contribution >= 4 is 9.05 Å². The van der Waals surface area contributed by atoms with Gasteiger partial charge in [-0.1, -0.05) is 13.3 Å². The van der Waals surface area contributed by atoms with E-state index in [0.29, 0.717) is 6.61 Å². The van der Waals surface area contributed by atoms with E-state index in [1.54, 1.807) is 0 Å². The summed E-state index contributed by atoms with van der Waals surface area (Å²) in [5, 5.41) is 0. The van der Waals surface area contributed by atoms with Crippen LogP contribution in [0.1, 0.15) is 19.8 Å². The summed E-state index contributed by atoms with van der Waals surface area (Å²) in [7, 11) is -0.0711. The highest BCUT2D eigenvalue weighted by atomic mass is 28.4. The van der Waals surface area contributed by atoms with Crippen molar-refractivity contribution in [3.05, 3.63) is 0 Å². The maximum atomic E-state index is 5.26. The van der Waals surface area contributed by atoms with Crippen LogP contribution in [0.3, 0.4) is 0 Å². The maximum absolute atomic E-state index is 5.26. The van der Waals surface area contributed by atoms with E-state index < -0.39 is 9.05 Å². The first-order valence-electron chi connectivity index (χ1n) is 3.86. The molecule has 0 saturated heterocycles. The van der Waals surface area contributed by atoms with Gasteiger partial charge in [-0.3, -0.25) is 4.53 Å². The van der Waals surface area contributed by atoms with Crippen LogP contribution in [-0.2, 0) is 17.8 Å². The highest BCUT2D eigenvalue weighted by Gasteiger charge is 2.43. The summed E-state index contributed by atoms with van der Waals surface area (Å²) in [4.78, 5) is 0. The minimum atomic E-state index is -2.98. The molecule has 0 aliphatic carbocycles. The third-order valence-corrected chi connectivity index (χ3v) is 3.27. The fourth-order valence-electron chi connectivity index (χ4n) is 0.673. The molecule has 0 aliphatic rings. The molecule has 0 bridgehead atoms. The van der Waals surface area contributed by atoms with Crippen LogP contribution < -0.4 is 5.90 Å². The van der Waals surface area contributed by atoms with Crippen LogP contribution in [0.2, 0.25) is 0 Å². The average Bonchev–Trinajstić information content (AvgIpc) is 2.14. The minimum Gasteiger partial charge on any atom is -0.354 e. The predicted octanol–water partition coefficient (Wildman–Crippen LogP) is 0.422. The molecule has 0 heterocycles. The van der Waals surface area contributed by atoms with Crippen LogP contribution in [0.25, 0.3) is 0 Å². The Bertz CT molecular complexity index is 101. The Kier molecular flexibility index (Phi) is 6.53. The van der Waals surface area contributed by atoms with E-state index in [2.05, 4.69) is 11.5 Å². The SMILES string of the molecule is CCCCO[Si](OC)(OC)ON. The van der Waals surface area contributed by atoms with Crippen molar-refractivity contribution in [1.82, 2.24) is 0 Å². The van der Waals surface area contributed by atoms with Crippen molar-refractivity contribution in [2.45, 2.75) is 19.8 Å². The molecule has 0 aromatic carbocycles. The van der Waals surface area contributed by atoms with Crippen LogP contribution >= 0.6 is 0 Å². The first kappa shape index (κ1) is 12.0. The fourth-order valence-corrected chi connectivity index (χ4v) is 1.73. The minimum absolute atomic E-state index is 0.543. The molecule has 0 amide bonds. The summed E-state index contributed by atoms with van der Waals surface area (Å²) < 4.78 is 19.7. The van der Waals surface area contributed by atoms with Gasteiger partial charge in [0.25, 0.3) is 0 Å². The Labute approximate surface area is 74.2 Å².